The summed E-state index contributed by atoms with van der Waals surface area (Å²) >= 11 is 1.27. The lowest BCUT2D eigenvalue weighted by Crippen LogP contribution is -2.34. The van der Waals surface area contributed by atoms with Crippen molar-refractivity contribution in [2.24, 2.45) is 5.92 Å². The zero-order chi connectivity index (χ0) is 20.1. The molecule has 3 aromatic rings. The lowest BCUT2D eigenvalue weighted by molar-refractivity contribution is -0.130. The molecule has 2 heterocycles. The normalized spacial score (nSPS) is 15.6. The van der Waals surface area contributed by atoms with Gasteiger partial charge in [-0.05, 0) is 61.5 Å². The molecule has 29 heavy (non-hydrogen) atoms. The SMILES string of the molecule is CN(Cc1ccccc1)C(=O)CCC1CCN(Cc2ccc3nsnc3c2)CC1. The van der Waals surface area contributed by atoms with Crippen LogP contribution in [0.25, 0.3) is 11.0 Å². The Bertz CT molecular complexity index is 934. The molecule has 0 radical (unpaired) electrons. The van der Waals surface area contributed by atoms with Crippen molar-refractivity contribution in [2.75, 3.05) is 20.1 Å². The molecule has 2 aromatic carbocycles. The van der Waals surface area contributed by atoms with Gasteiger partial charge in [-0.2, -0.15) is 8.75 Å². The molecule has 1 amide bonds. The van der Waals surface area contributed by atoms with Crippen LogP contribution in [0.1, 0.15) is 36.8 Å². The Morgan fingerprint density at radius 1 is 1.07 bits per heavy atom. The van der Waals surface area contributed by atoms with Crippen LogP contribution in [0, 0.1) is 5.92 Å². The number of rotatable bonds is 7. The van der Waals surface area contributed by atoms with Crippen molar-refractivity contribution >= 4 is 28.7 Å². The number of benzene rings is 2. The van der Waals surface area contributed by atoms with E-state index in [0.717, 1.165) is 37.1 Å². The van der Waals surface area contributed by atoms with Gasteiger partial charge in [0.15, 0.2) is 0 Å². The maximum absolute atomic E-state index is 12.5. The molecule has 0 unspecified atom stereocenters. The first-order valence-electron chi connectivity index (χ1n) is 10.4. The zero-order valence-corrected chi connectivity index (χ0v) is 17.8. The molecular weight excluding hydrogens is 380 g/mol. The largest absolute Gasteiger partial charge is 0.341 e. The average Bonchev–Trinajstić information content (AvgIpc) is 3.21. The van der Waals surface area contributed by atoms with Crippen molar-refractivity contribution in [3.05, 3.63) is 59.7 Å². The predicted octanol–water partition coefficient (Wildman–Crippen LogP) is 4.34. The van der Waals surface area contributed by atoms with Gasteiger partial charge in [-0.15, -0.1) is 0 Å². The number of carbonyl (C=O) groups is 1. The number of piperidine rings is 1. The van der Waals surface area contributed by atoms with Crippen molar-refractivity contribution in [3.63, 3.8) is 0 Å². The molecule has 1 aromatic heterocycles. The third-order valence-corrected chi connectivity index (χ3v) is 6.44. The van der Waals surface area contributed by atoms with Crippen LogP contribution in [0.4, 0.5) is 0 Å². The second kappa shape index (κ2) is 9.46. The number of aromatic nitrogens is 2. The third kappa shape index (κ3) is 5.40. The van der Waals surface area contributed by atoms with Gasteiger partial charge in [0, 0.05) is 26.6 Å². The summed E-state index contributed by atoms with van der Waals surface area (Å²) in [6.07, 6.45) is 4.01. The average molecular weight is 409 g/mol. The van der Waals surface area contributed by atoms with Crippen LogP contribution in [0.15, 0.2) is 48.5 Å². The van der Waals surface area contributed by atoms with E-state index < -0.39 is 0 Å². The van der Waals surface area contributed by atoms with E-state index >= 15 is 0 Å². The van der Waals surface area contributed by atoms with Crippen molar-refractivity contribution in [1.82, 2.24) is 18.5 Å². The molecule has 6 heteroatoms. The van der Waals surface area contributed by atoms with Gasteiger partial charge in [0.1, 0.15) is 11.0 Å². The van der Waals surface area contributed by atoms with Gasteiger partial charge in [0.05, 0.1) is 11.7 Å². The van der Waals surface area contributed by atoms with Gasteiger partial charge in [-0.25, -0.2) is 0 Å². The lowest BCUT2D eigenvalue weighted by atomic mass is 9.91. The Morgan fingerprint density at radius 3 is 2.62 bits per heavy atom. The van der Waals surface area contributed by atoms with E-state index in [4.69, 9.17) is 0 Å². The highest BCUT2D eigenvalue weighted by molar-refractivity contribution is 7.00. The van der Waals surface area contributed by atoms with E-state index in [1.54, 1.807) is 0 Å². The Hall–Kier alpha value is -2.31. The summed E-state index contributed by atoms with van der Waals surface area (Å²) in [6.45, 7) is 3.87. The lowest BCUT2D eigenvalue weighted by Gasteiger charge is -2.32. The maximum atomic E-state index is 12.5. The molecule has 0 atom stereocenters. The standard InChI is InChI=1S/C23H28N4OS/c1-26(16-19-5-3-2-4-6-19)23(28)10-8-18-11-13-27(14-12-18)17-20-7-9-21-22(15-20)25-29-24-21/h2-7,9,15,18H,8,10-14,16-17H2,1H3. The zero-order valence-electron chi connectivity index (χ0n) is 17.0. The summed E-state index contributed by atoms with van der Waals surface area (Å²) in [5, 5.41) is 0. The summed E-state index contributed by atoms with van der Waals surface area (Å²) < 4.78 is 8.61. The fourth-order valence-electron chi connectivity index (χ4n) is 4.08. The van der Waals surface area contributed by atoms with Crippen LogP contribution in [-0.4, -0.2) is 44.6 Å². The maximum Gasteiger partial charge on any atom is 0.222 e. The van der Waals surface area contributed by atoms with E-state index in [9.17, 15) is 4.79 Å². The minimum absolute atomic E-state index is 0.251. The number of hydrogen-bond acceptors (Lipinski definition) is 5. The highest BCUT2D eigenvalue weighted by Crippen LogP contribution is 2.24. The fourth-order valence-corrected chi connectivity index (χ4v) is 4.60. The quantitative estimate of drug-likeness (QED) is 0.583. The number of nitrogens with zero attached hydrogens (tertiary/aromatic N) is 4. The molecule has 0 aliphatic carbocycles. The van der Waals surface area contributed by atoms with Gasteiger partial charge in [-0.3, -0.25) is 9.69 Å². The number of hydrogen-bond donors (Lipinski definition) is 0. The molecule has 1 aliphatic heterocycles. The van der Waals surface area contributed by atoms with Crippen LogP contribution in [0.3, 0.4) is 0 Å². The molecule has 4 rings (SSSR count). The predicted molar refractivity (Wildman–Crippen MR) is 118 cm³/mol. The fraction of sp³-hybridized carbons (Fsp3) is 0.435. The van der Waals surface area contributed by atoms with E-state index in [0.29, 0.717) is 18.9 Å². The van der Waals surface area contributed by atoms with E-state index in [1.165, 1.54) is 35.7 Å². The molecule has 5 nitrogen and oxygen atoms in total. The smallest absolute Gasteiger partial charge is 0.222 e. The van der Waals surface area contributed by atoms with E-state index in [-0.39, 0.29) is 5.91 Å². The van der Waals surface area contributed by atoms with Crippen LogP contribution < -0.4 is 0 Å². The first kappa shape index (κ1) is 20.0. The molecular formula is C23H28N4OS. The summed E-state index contributed by atoms with van der Waals surface area (Å²) in [7, 11) is 1.91. The van der Waals surface area contributed by atoms with Gasteiger partial charge in [0.2, 0.25) is 5.91 Å². The molecule has 0 bridgehead atoms. The second-order valence-corrected chi connectivity index (χ2v) is 8.61. The van der Waals surface area contributed by atoms with Gasteiger partial charge in [-0.1, -0.05) is 36.4 Å². The third-order valence-electron chi connectivity index (χ3n) is 5.89. The van der Waals surface area contributed by atoms with Crippen molar-refractivity contribution in [3.8, 4) is 0 Å². The van der Waals surface area contributed by atoms with Gasteiger partial charge < -0.3 is 4.90 Å². The Labute approximate surface area is 176 Å². The van der Waals surface area contributed by atoms with Crippen LogP contribution >= 0.6 is 11.7 Å². The molecule has 1 saturated heterocycles. The highest BCUT2D eigenvalue weighted by atomic mass is 32.1. The van der Waals surface area contributed by atoms with Crippen LogP contribution in [0.5, 0.6) is 0 Å². The Morgan fingerprint density at radius 2 is 1.83 bits per heavy atom. The topological polar surface area (TPSA) is 49.3 Å². The number of amides is 1. The molecule has 0 spiro atoms. The minimum Gasteiger partial charge on any atom is -0.341 e. The molecule has 1 aliphatic rings. The minimum atomic E-state index is 0.251. The monoisotopic (exact) mass is 408 g/mol. The van der Waals surface area contributed by atoms with Crippen molar-refractivity contribution in [1.29, 1.82) is 0 Å². The molecule has 152 valence electrons. The highest BCUT2D eigenvalue weighted by Gasteiger charge is 2.21. The van der Waals surface area contributed by atoms with Crippen molar-refractivity contribution < 1.29 is 4.79 Å². The van der Waals surface area contributed by atoms with Crippen molar-refractivity contribution in [2.45, 2.75) is 38.8 Å². The molecule has 0 saturated carbocycles. The molecule has 1 fully saturated rings. The summed E-state index contributed by atoms with van der Waals surface area (Å²) in [6, 6.07) is 16.6. The Balaban J connectivity index is 1.19. The van der Waals surface area contributed by atoms with E-state index in [2.05, 4.69) is 44.0 Å². The van der Waals surface area contributed by atoms with Gasteiger partial charge >= 0.3 is 0 Å². The summed E-state index contributed by atoms with van der Waals surface area (Å²) in [5.41, 5.74) is 4.48. The summed E-state index contributed by atoms with van der Waals surface area (Å²) in [5.74, 6) is 0.909. The number of likely N-dealkylation sites (tertiary alicyclic amines) is 1. The van der Waals surface area contributed by atoms with Crippen LogP contribution in [0.2, 0.25) is 0 Å². The second-order valence-electron chi connectivity index (χ2n) is 8.08. The number of fused-ring (bicyclic) bond motifs is 1. The van der Waals surface area contributed by atoms with Gasteiger partial charge in [0.25, 0.3) is 0 Å². The van der Waals surface area contributed by atoms with Crippen LogP contribution in [-0.2, 0) is 17.9 Å². The first-order valence-corrected chi connectivity index (χ1v) is 11.1. The Kier molecular flexibility index (Phi) is 6.52. The van der Waals surface area contributed by atoms with E-state index in [1.807, 2.05) is 30.1 Å². The summed E-state index contributed by atoms with van der Waals surface area (Å²) in [4.78, 5) is 16.9. The number of carbonyl (C=O) groups excluding carboxylic acids is 1. The molecule has 0 N–H and O–H groups in total. The first-order chi connectivity index (χ1) is 14.2.